The van der Waals surface area contributed by atoms with Crippen molar-refractivity contribution in [2.75, 3.05) is 31.2 Å². The van der Waals surface area contributed by atoms with Crippen LogP contribution in [0.1, 0.15) is 46.9 Å². The van der Waals surface area contributed by atoms with Crippen molar-refractivity contribution in [1.29, 1.82) is 0 Å². The number of nitrogens with one attached hydrogen (secondary N) is 1. The quantitative estimate of drug-likeness (QED) is 0.850. The van der Waals surface area contributed by atoms with E-state index in [2.05, 4.69) is 10.2 Å². The van der Waals surface area contributed by atoms with Crippen LogP contribution in [0.25, 0.3) is 0 Å². The standard InChI is InChI=1S/C21H25F2N3O2/c1-13(2)20-19(14(3)8-18(25-20)26-4-6-28-7-5-26)21(27)24-12-15-9-16(22)11-17(23)10-15/h8-11,13H,4-7,12H2,1-3H3,(H,24,27). The lowest BCUT2D eigenvalue weighted by Crippen LogP contribution is -2.37. The molecule has 1 saturated heterocycles. The maximum Gasteiger partial charge on any atom is 0.253 e. The van der Waals surface area contributed by atoms with Crippen LogP contribution in [-0.2, 0) is 11.3 Å². The van der Waals surface area contributed by atoms with Crippen LogP contribution in [0.2, 0.25) is 0 Å². The van der Waals surface area contributed by atoms with Crippen molar-refractivity contribution in [1.82, 2.24) is 10.3 Å². The van der Waals surface area contributed by atoms with Gasteiger partial charge in [-0.05, 0) is 42.2 Å². The van der Waals surface area contributed by atoms with E-state index in [9.17, 15) is 13.6 Å². The Morgan fingerprint density at radius 1 is 1.18 bits per heavy atom. The molecule has 0 bridgehead atoms. The third-order valence-corrected chi connectivity index (χ3v) is 4.72. The van der Waals surface area contributed by atoms with Gasteiger partial charge in [0.05, 0.1) is 24.5 Å². The number of halogens is 2. The van der Waals surface area contributed by atoms with Crippen molar-refractivity contribution in [2.45, 2.75) is 33.2 Å². The van der Waals surface area contributed by atoms with Gasteiger partial charge >= 0.3 is 0 Å². The smallest absolute Gasteiger partial charge is 0.253 e. The number of ether oxygens (including phenoxy) is 1. The summed E-state index contributed by atoms with van der Waals surface area (Å²) in [7, 11) is 0. The molecule has 5 nitrogen and oxygen atoms in total. The van der Waals surface area contributed by atoms with Crippen molar-refractivity contribution >= 4 is 11.7 Å². The normalized spacial score (nSPS) is 14.4. The number of anilines is 1. The van der Waals surface area contributed by atoms with E-state index in [1.807, 2.05) is 26.8 Å². The lowest BCUT2D eigenvalue weighted by atomic mass is 9.98. The number of rotatable bonds is 5. The highest BCUT2D eigenvalue weighted by Gasteiger charge is 2.22. The summed E-state index contributed by atoms with van der Waals surface area (Å²) in [5.41, 5.74) is 2.42. The molecule has 2 heterocycles. The highest BCUT2D eigenvalue weighted by molar-refractivity contribution is 5.97. The number of nitrogens with zero attached hydrogens (tertiary/aromatic N) is 2. The first kappa shape index (κ1) is 20.2. The number of amides is 1. The number of hydrogen-bond donors (Lipinski definition) is 1. The van der Waals surface area contributed by atoms with E-state index in [1.165, 1.54) is 12.1 Å². The summed E-state index contributed by atoms with van der Waals surface area (Å²) >= 11 is 0. The second kappa shape index (κ2) is 8.65. The molecule has 0 aliphatic carbocycles. The van der Waals surface area contributed by atoms with Crippen LogP contribution in [0.4, 0.5) is 14.6 Å². The summed E-state index contributed by atoms with van der Waals surface area (Å²) in [5, 5.41) is 2.76. The molecule has 0 unspecified atom stereocenters. The SMILES string of the molecule is Cc1cc(N2CCOCC2)nc(C(C)C)c1C(=O)NCc1cc(F)cc(F)c1. The molecule has 1 aliphatic rings. The van der Waals surface area contributed by atoms with Crippen LogP contribution in [0.5, 0.6) is 0 Å². The summed E-state index contributed by atoms with van der Waals surface area (Å²) in [6.07, 6.45) is 0. The first-order valence-electron chi connectivity index (χ1n) is 9.42. The molecule has 0 atom stereocenters. The Morgan fingerprint density at radius 2 is 1.82 bits per heavy atom. The minimum atomic E-state index is -0.667. The third-order valence-electron chi connectivity index (χ3n) is 4.72. The lowest BCUT2D eigenvalue weighted by molar-refractivity contribution is 0.0948. The maximum absolute atomic E-state index is 13.4. The molecule has 1 aromatic carbocycles. The average molecular weight is 389 g/mol. The van der Waals surface area contributed by atoms with Crippen LogP contribution in [-0.4, -0.2) is 37.2 Å². The van der Waals surface area contributed by atoms with Crippen LogP contribution >= 0.6 is 0 Å². The Labute approximate surface area is 163 Å². The molecule has 3 rings (SSSR count). The van der Waals surface area contributed by atoms with Crippen LogP contribution in [0, 0.1) is 18.6 Å². The van der Waals surface area contributed by atoms with Crippen molar-refractivity contribution < 1.29 is 18.3 Å². The molecule has 1 amide bonds. The number of morpholine rings is 1. The topological polar surface area (TPSA) is 54.5 Å². The second-order valence-electron chi connectivity index (χ2n) is 7.27. The van der Waals surface area contributed by atoms with Gasteiger partial charge in [0.2, 0.25) is 0 Å². The van der Waals surface area contributed by atoms with Gasteiger partial charge in [-0.3, -0.25) is 4.79 Å². The maximum atomic E-state index is 13.4. The molecule has 0 radical (unpaired) electrons. The Kier molecular flexibility index (Phi) is 6.24. The van der Waals surface area contributed by atoms with Gasteiger partial charge in [0.15, 0.2) is 0 Å². The third kappa shape index (κ3) is 4.65. The molecule has 28 heavy (non-hydrogen) atoms. The van der Waals surface area contributed by atoms with Gasteiger partial charge in [-0.15, -0.1) is 0 Å². The summed E-state index contributed by atoms with van der Waals surface area (Å²) in [6.45, 7) is 8.74. The van der Waals surface area contributed by atoms with E-state index in [4.69, 9.17) is 9.72 Å². The van der Waals surface area contributed by atoms with E-state index in [0.29, 0.717) is 30.0 Å². The number of hydrogen-bond acceptors (Lipinski definition) is 4. The van der Waals surface area contributed by atoms with Gasteiger partial charge in [0.25, 0.3) is 5.91 Å². The Hall–Kier alpha value is -2.54. The van der Waals surface area contributed by atoms with Gasteiger partial charge in [-0.1, -0.05) is 13.8 Å². The van der Waals surface area contributed by atoms with E-state index >= 15 is 0 Å². The molecular weight excluding hydrogens is 364 g/mol. The Balaban J connectivity index is 1.83. The number of aryl methyl sites for hydroxylation is 1. The first-order chi connectivity index (χ1) is 13.3. The van der Waals surface area contributed by atoms with Crippen LogP contribution in [0.15, 0.2) is 24.3 Å². The van der Waals surface area contributed by atoms with E-state index in [0.717, 1.165) is 30.5 Å². The van der Waals surface area contributed by atoms with Crippen LogP contribution in [0.3, 0.4) is 0 Å². The Bertz CT molecular complexity index is 845. The molecule has 0 saturated carbocycles. The predicted molar refractivity (Wildman–Crippen MR) is 104 cm³/mol. The fourth-order valence-electron chi connectivity index (χ4n) is 3.33. The zero-order chi connectivity index (χ0) is 20.3. The van der Waals surface area contributed by atoms with Gasteiger partial charge in [-0.2, -0.15) is 0 Å². The number of carbonyl (C=O) groups excluding carboxylic acids is 1. The second-order valence-corrected chi connectivity index (χ2v) is 7.27. The number of carbonyl (C=O) groups is 1. The van der Waals surface area contributed by atoms with Crippen molar-refractivity contribution in [3.05, 3.63) is 58.3 Å². The molecule has 150 valence electrons. The van der Waals surface area contributed by atoms with E-state index in [-0.39, 0.29) is 18.4 Å². The molecule has 1 aliphatic heterocycles. The molecule has 2 aromatic rings. The molecule has 0 spiro atoms. The minimum absolute atomic E-state index is 0.0374. The predicted octanol–water partition coefficient (Wildman–Crippen LogP) is 3.56. The molecule has 1 N–H and O–H groups in total. The average Bonchev–Trinajstić information content (AvgIpc) is 2.65. The van der Waals surface area contributed by atoms with Gasteiger partial charge in [0, 0.05) is 25.7 Å². The van der Waals surface area contributed by atoms with Crippen molar-refractivity contribution in [3.63, 3.8) is 0 Å². The van der Waals surface area contributed by atoms with Crippen molar-refractivity contribution in [3.8, 4) is 0 Å². The van der Waals surface area contributed by atoms with Crippen molar-refractivity contribution in [2.24, 2.45) is 0 Å². The number of pyridine rings is 1. The molecule has 1 aromatic heterocycles. The van der Waals surface area contributed by atoms with Gasteiger partial charge in [-0.25, -0.2) is 13.8 Å². The Morgan fingerprint density at radius 3 is 2.43 bits per heavy atom. The van der Waals surface area contributed by atoms with Gasteiger partial charge in [0.1, 0.15) is 17.5 Å². The molecular formula is C21H25F2N3O2. The fraction of sp³-hybridized carbons (Fsp3) is 0.429. The summed E-state index contributed by atoms with van der Waals surface area (Å²) < 4.78 is 32.1. The van der Waals surface area contributed by atoms with Crippen LogP contribution < -0.4 is 10.2 Å². The van der Waals surface area contributed by atoms with E-state index in [1.54, 1.807) is 0 Å². The molecule has 7 heteroatoms. The van der Waals surface area contributed by atoms with Gasteiger partial charge < -0.3 is 15.0 Å². The number of benzene rings is 1. The summed E-state index contributed by atoms with van der Waals surface area (Å²) in [6, 6.07) is 5.13. The highest BCUT2D eigenvalue weighted by Crippen LogP contribution is 2.26. The minimum Gasteiger partial charge on any atom is -0.378 e. The monoisotopic (exact) mass is 389 g/mol. The summed E-state index contributed by atoms with van der Waals surface area (Å²) in [5.74, 6) is -0.744. The fourth-order valence-corrected chi connectivity index (χ4v) is 3.33. The summed E-state index contributed by atoms with van der Waals surface area (Å²) in [4.78, 5) is 19.8. The first-order valence-corrected chi connectivity index (χ1v) is 9.42. The van der Waals surface area contributed by atoms with E-state index < -0.39 is 11.6 Å². The zero-order valence-electron chi connectivity index (χ0n) is 16.4. The lowest BCUT2D eigenvalue weighted by Gasteiger charge is -2.29. The number of aromatic nitrogens is 1. The zero-order valence-corrected chi connectivity index (χ0v) is 16.4. The largest absolute Gasteiger partial charge is 0.378 e. The highest BCUT2D eigenvalue weighted by atomic mass is 19.1. The molecule has 1 fully saturated rings.